The molecule has 1 saturated heterocycles. The first-order chi connectivity index (χ1) is 13.1. The van der Waals surface area contributed by atoms with Crippen LogP contribution >= 0.6 is 12.2 Å². The molecule has 0 radical (unpaired) electrons. The molecule has 1 saturated carbocycles. The molecule has 1 aromatic rings. The van der Waals surface area contributed by atoms with Crippen molar-refractivity contribution in [2.24, 2.45) is 0 Å². The summed E-state index contributed by atoms with van der Waals surface area (Å²) < 4.78 is 5.90. The molecular weight excluding hydrogens is 352 g/mol. The van der Waals surface area contributed by atoms with Crippen LogP contribution in [0.5, 0.6) is 0 Å². The molecule has 0 amide bonds. The fraction of sp³-hybridized carbons (Fsp3) is 0.696. The van der Waals surface area contributed by atoms with Crippen LogP contribution in [0.4, 0.5) is 0 Å². The predicted octanol–water partition coefficient (Wildman–Crippen LogP) is 5.39. The van der Waals surface area contributed by atoms with Gasteiger partial charge in [-0.2, -0.15) is 0 Å². The highest BCUT2D eigenvalue weighted by atomic mass is 32.1. The Morgan fingerprint density at radius 1 is 1.07 bits per heavy atom. The first-order valence-electron chi connectivity index (χ1n) is 10.9. The molecule has 0 aromatic heterocycles. The lowest BCUT2D eigenvalue weighted by molar-refractivity contribution is 0.0895. The van der Waals surface area contributed by atoms with Gasteiger partial charge in [-0.15, -0.1) is 0 Å². The molecule has 1 unspecified atom stereocenters. The molecular formula is C23H36N2OS. The molecule has 1 aromatic carbocycles. The van der Waals surface area contributed by atoms with Crippen LogP contribution in [-0.2, 0) is 11.3 Å². The summed E-state index contributed by atoms with van der Waals surface area (Å²) in [6.45, 7) is 7.13. The van der Waals surface area contributed by atoms with Crippen molar-refractivity contribution < 1.29 is 4.74 Å². The topological polar surface area (TPSA) is 24.5 Å². The monoisotopic (exact) mass is 388 g/mol. The smallest absolute Gasteiger partial charge is 0.169 e. The third-order valence-corrected chi connectivity index (χ3v) is 6.31. The SMILES string of the molecule is CC(C)c1ccc(CN(CC2CCCO2)C(=S)NC2CCCCCC2)cc1. The highest BCUT2D eigenvalue weighted by Crippen LogP contribution is 2.20. The average molecular weight is 389 g/mol. The molecule has 0 bridgehead atoms. The van der Waals surface area contributed by atoms with Gasteiger partial charge in [0.15, 0.2) is 5.11 Å². The standard InChI is InChI=1S/C23H36N2OS/c1-18(2)20-13-11-19(12-14-20)16-25(17-22-10-7-15-26-22)23(27)24-21-8-5-3-4-6-9-21/h11-14,18,21-22H,3-10,15-17H2,1-2H3,(H,24,27). The fourth-order valence-corrected chi connectivity index (χ4v) is 4.48. The molecule has 4 heteroatoms. The molecule has 2 fully saturated rings. The number of ether oxygens (including phenoxy) is 1. The third kappa shape index (κ3) is 6.46. The Labute approximate surface area is 170 Å². The van der Waals surface area contributed by atoms with Crippen LogP contribution in [0, 0.1) is 0 Å². The maximum Gasteiger partial charge on any atom is 0.169 e. The zero-order valence-electron chi connectivity index (χ0n) is 17.1. The first kappa shape index (κ1) is 20.6. The Kier molecular flexibility index (Phi) is 7.95. The third-order valence-electron chi connectivity index (χ3n) is 5.94. The number of nitrogens with one attached hydrogen (secondary N) is 1. The molecule has 1 aliphatic heterocycles. The number of thiocarbonyl (C=S) groups is 1. The lowest BCUT2D eigenvalue weighted by atomic mass is 10.0. The van der Waals surface area contributed by atoms with Crippen molar-refractivity contribution in [1.29, 1.82) is 0 Å². The van der Waals surface area contributed by atoms with E-state index < -0.39 is 0 Å². The summed E-state index contributed by atoms with van der Waals surface area (Å²) in [5.41, 5.74) is 2.71. The summed E-state index contributed by atoms with van der Waals surface area (Å²) in [5.74, 6) is 0.569. The van der Waals surface area contributed by atoms with Crippen molar-refractivity contribution in [3.8, 4) is 0 Å². The van der Waals surface area contributed by atoms with E-state index in [2.05, 4.69) is 48.3 Å². The second kappa shape index (κ2) is 10.4. The maximum absolute atomic E-state index is 5.90. The Bertz CT molecular complexity index is 573. The van der Waals surface area contributed by atoms with Gasteiger partial charge in [0.1, 0.15) is 0 Å². The van der Waals surface area contributed by atoms with Gasteiger partial charge in [-0.05, 0) is 54.9 Å². The minimum Gasteiger partial charge on any atom is -0.376 e. The van der Waals surface area contributed by atoms with E-state index in [-0.39, 0.29) is 0 Å². The highest BCUT2D eigenvalue weighted by Gasteiger charge is 2.23. The Hall–Kier alpha value is -1.13. The predicted molar refractivity (Wildman–Crippen MR) is 117 cm³/mol. The van der Waals surface area contributed by atoms with Gasteiger partial charge in [-0.25, -0.2) is 0 Å². The number of nitrogens with zero attached hydrogens (tertiary/aromatic N) is 1. The van der Waals surface area contributed by atoms with Gasteiger partial charge in [0.05, 0.1) is 6.10 Å². The van der Waals surface area contributed by atoms with E-state index in [1.807, 2.05) is 0 Å². The van der Waals surface area contributed by atoms with E-state index in [0.717, 1.165) is 31.2 Å². The molecule has 27 heavy (non-hydrogen) atoms. The molecule has 1 aliphatic carbocycles. The highest BCUT2D eigenvalue weighted by molar-refractivity contribution is 7.80. The van der Waals surface area contributed by atoms with E-state index in [9.17, 15) is 0 Å². The van der Waals surface area contributed by atoms with E-state index >= 15 is 0 Å². The Morgan fingerprint density at radius 3 is 2.37 bits per heavy atom. The number of benzene rings is 1. The summed E-state index contributed by atoms with van der Waals surface area (Å²) >= 11 is 5.86. The van der Waals surface area contributed by atoms with Crippen LogP contribution < -0.4 is 5.32 Å². The minimum atomic E-state index is 0.314. The zero-order valence-corrected chi connectivity index (χ0v) is 17.9. The van der Waals surface area contributed by atoms with Crippen LogP contribution in [0.1, 0.15) is 82.3 Å². The van der Waals surface area contributed by atoms with Crippen LogP contribution in [0.3, 0.4) is 0 Å². The molecule has 3 nitrogen and oxygen atoms in total. The van der Waals surface area contributed by atoms with Gasteiger partial charge in [0.2, 0.25) is 0 Å². The molecule has 0 spiro atoms. The second-order valence-electron chi connectivity index (χ2n) is 8.55. The zero-order chi connectivity index (χ0) is 19.1. The Morgan fingerprint density at radius 2 is 1.78 bits per heavy atom. The van der Waals surface area contributed by atoms with Crippen LogP contribution in [0.2, 0.25) is 0 Å². The van der Waals surface area contributed by atoms with Crippen molar-refractivity contribution in [1.82, 2.24) is 10.2 Å². The number of hydrogen-bond acceptors (Lipinski definition) is 2. The van der Waals surface area contributed by atoms with Gasteiger partial charge >= 0.3 is 0 Å². The number of rotatable bonds is 6. The van der Waals surface area contributed by atoms with Gasteiger partial charge < -0.3 is 15.0 Å². The van der Waals surface area contributed by atoms with Crippen molar-refractivity contribution >= 4 is 17.3 Å². The molecule has 1 heterocycles. The molecule has 1 atom stereocenters. The van der Waals surface area contributed by atoms with Crippen molar-refractivity contribution in [2.45, 2.75) is 89.8 Å². The average Bonchev–Trinajstić information content (AvgIpc) is 3.04. The summed E-state index contributed by atoms with van der Waals surface area (Å²) in [5, 5.41) is 4.59. The first-order valence-corrected chi connectivity index (χ1v) is 11.3. The van der Waals surface area contributed by atoms with Gasteiger partial charge in [-0.3, -0.25) is 0 Å². The van der Waals surface area contributed by atoms with Crippen LogP contribution in [-0.4, -0.2) is 35.3 Å². The minimum absolute atomic E-state index is 0.314. The van der Waals surface area contributed by atoms with Gasteiger partial charge in [0, 0.05) is 25.7 Å². The van der Waals surface area contributed by atoms with Crippen LogP contribution in [0.25, 0.3) is 0 Å². The fourth-order valence-electron chi connectivity index (χ4n) is 4.17. The largest absolute Gasteiger partial charge is 0.376 e. The van der Waals surface area contributed by atoms with Gasteiger partial charge in [0.25, 0.3) is 0 Å². The second-order valence-corrected chi connectivity index (χ2v) is 8.94. The normalized spacial score (nSPS) is 21.2. The summed E-state index contributed by atoms with van der Waals surface area (Å²) in [6, 6.07) is 9.56. The van der Waals surface area contributed by atoms with Crippen LogP contribution in [0.15, 0.2) is 24.3 Å². The van der Waals surface area contributed by atoms with E-state index in [0.29, 0.717) is 18.1 Å². The lowest BCUT2D eigenvalue weighted by Gasteiger charge is -2.31. The van der Waals surface area contributed by atoms with Crippen molar-refractivity contribution in [3.05, 3.63) is 35.4 Å². The molecule has 2 aliphatic rings. The van der Waals surface area contributed by atoms with E-state index in [1.165, 1.54) is 56.1 Å². The van der Waals surface area contributed by atoms with Crippen molar-refractivity contribution in [3.63, 3.8) is 0 Å². The van der Waals surface area contributed by atoms with Crippen molar-refractivity contribution in [2.75, 3.05) is 13.2 Å². The Balaban J connectivity index is 1.64. The molecule has 3 rings (SSSR count). The lowest BCUT2D eigenvalue weighted by Crippen LogP contribution is -2.46. The quantitative estimate of drug-likeness (QED) is 0.522. The van der Waals surface area contributed by atoms with E-state index in [4.69, 9.17) is 17.0 Å². The van der Waals surface area contributed by atoms with E-state index in [1.54, 1.807) is 0 Å². The summed E-state index contributed by atoms with van der Waals surface area (Å²) in [6.07, 6.45) is 10.5. The summed E-state index contributed by atoms with van der Waals surface area (Å²) in [7, 11) is 0. The summed E-state index contributed by atoms with van der Waals surface area (Å²) in [4.78, 5) is 2.33. The molecule has 150 valence electrons. The molecule has 1 N–H and O–H groups in total. The van der Waals surface area contributed by atoms with Gasteiger partial charge in [-0.1, -0.05) is 63.8 Å². The number of hydrogen-bond donors (Lipinski definition) is 1. The maximum atomic E-state index is 5.90.